The standard InChI is InChI=1S/C22H26O4/c1-15-4-7-18(8-5-15)25-12-3-13-26-19-9-11-21-17(14-19)6-10-20(21)16(2)22(23)24/h4-5,7-9,11,14,16,20H,3,6,10,12-13H2,1-2H3,(H,23,24)/t16-,20-/m0/s1. The third kappa shape index (κ3) is 4.37. The maximum absolute atomic E-state index is 11.2. The van der Waals surface area contributed by atoms with Gasteiger partial charge >= 0.3 is 5.97 Å². The zero-order valence-corrected chi connectivity index (χ0v) is 15.4. The molecular weight excluding hydrogens is 328 g/mol. The fraction of sp³-hybridized carbons (Fsp3) is 0.409. The smallest absolute Gasteiger partial charge is 0.306 e. The van der Waals surface area contributed by atoms with Crippen molar-refractivity contribution in [1.29, 1.82) is 0 Å². The van der Waals surface area contributed by atoms with Crippen LogP contribution in [0, 0.1) is 12.8 Å². The van der Waals surface area contributed by atoms with E-state index < -0.39 is 5.97 Å². The lowest BCUT2D eigenvalue weighted by Gasteiger charge is -2.16. The molecule has 4 heteroatoms. The number of carbonyl (C=O) groups is 1. The van der Waals surface area contributed by atoms with E-state index in [4.69, 9.17) is 9.47 Å². The number of rotatable bonds is 8. The number of benzene rings is 2. The predicted octanol–water partition coefficient (Wildman–Crippen LogP) is 4.59. The summed E-state index contributed by atoms with van der Waals surface area (Å²) in [6.07, 6.45) is 2.63. The van der Waals surface area contributed by atoms with Gasteiger partial charge in [0.25, 0.3) is 0 Å². The largest absolute Gasteiger partial charge is 0.493 e. The Morgan fingerprint density at radius 1 is 1.12 bits per heavy atom. The monoisotopic (exact) mass is 354 g/mol. The van der Waals surface area contributed by atoms with Crippen LogP contribution in [0.15, 0.2) is 42.5 Å². The summed E-state index contributed by atoms with van der Waals surface area (Å²) in [6, 6.07) is 14.1. The molecule has 4 nitrogen and oxygen atoms in total. The minimum Gasteiger partial charge on any atom is -0.493 e. The molecule has 2 aromatic rings. The van der Waals surface area contributed by atoms with Crippen LogP contribution < -0.4 is 9.47 Å². The van der Waals surface area contributed by atoms with Gasteiger partial charge in [-0.3, -0.25) is 4.79 Å². The third-order valence-electron chi connectivity index (χ3n) is 5.08. The molecule has 0 bridgehead atoms. The van der Waals surface area contributed by atoms with Gasteiger partial charge in [0.2, 0.25) is 0 Å². The first-order chi connectivity index (χ1) is 12.5. The molecular formula is C22H26O4. The summed E-state index contributed by atoms with van der Waals surface area (Å²) in [4.78, 5) is 11.2. The van der Waals surface area contributed by atoms with Gasteiger partial charge in [-0.2, -0.15) is 0 Å². The average molecular weight is 354 g/mol. The SMILES string of the molecule is Cc1ccc(OCCCOc2ccc3c(c2)CC[C@H]3[C@H](C)C(=O)O)cc1. The lowest BCUT2D eigenvalue weighted by Crippen LogP contribution is -2.17. The molecule has 0 saturated heterocycles. The van der Waals surface area contributed by atoms with Crippen LogP contribution in [0.4, 0.5) is 0 Å². The van der Waals surface area contributed by atoms with Crippen molar-refractivity contribution in [3.05, 3.63) is 59.2 Å². The van der Waals surface area contributed by atoms with Crippen molar-refractivity contribution in [2.45, 2.75) is 39.0 Å². The second-order valence-corrected chi connectivity index (χ2v) is 7.00. The van der Waals surface area contributed by atoms with E-state index in [0.717, 1.165) is 36.3 Å². The molecule has 0 radical (unpaired) electrons. The zero-order valence-electron chi connectivity index (χ0n) is 15.4. The topological polar surface area (TPSA) is 55.8 Å². The van der Waals surface area contributed by atoms with Gasteiger partial charge in [0.05, 0.1) is 19.1 Å². The van der Waals surface area contributed by atoms with Crippen LogP contribution in [-0.2, 0) is 11.2 Å². The second-order valence-electron chi connectivity index (χ2n) is 7.00. The van der Waals surface area contributed by atoms with Crippen LogP contribution in [0.3, 0.4) is 0 Å². The van der Waals surface area contributed by atoms with E-state index in [2.05, 4.69) is 13.0 Å². The number of carboxylic acids is 1. The minimum atomic E-state index is -0.725. The van der Waals surface area contributed by atoms with Gasteiger partial charge in [-0.15, -0.1) is 0 Å². The van der Waals surface area contributed by atoms with E-state index in [1.54, 1.807) is 6.92 Å². The van der Waals surface area contributed by atoms with E-state index in [-0.39, 0.29) is 11.8 Å². The Morgan fingerprint density at radius 3 is 2.46 bits per heavy atom. The second kappa shape index (κ2) is 8.26. The maximum Gasteiger partial charge on any atom is 0.306 e. The highest BCUT2D eigenvalue weighted by Crippen LogP contribution is 2.39. The average Bonchev–Trinajstić information content (AvgIpc) is 3.05. The van der Waals surface area contributed by atoms with E-state index in [1.165, 1.54) is 11.1 Å². The van der Waals surface area contributed by atoms with E-state index >= 15 is 0 Å². The van der Waals surface area contributed by atoms with Gasteiger partial charge in [-0.05, 0) is 61.1 Å². The number of hydrogen-bond acceptors (Lipinski definition) is 3. The van der Waals surface area contributed by atoms with Crippen molar-refractivity contribution in [3.8, 4) is 11.5 Å². The molecule has 0 spiro atoms. The Bertz CT molecular complexity index is 751. The predicted molar refractivity (Wildman–Crippen MR) is 101 cm³/mol. The number of ether oxygens (including phenoxy) is 2. The van der Waals surface area contributed by atoms with E-state index in [1.807, 2.05) is 36.4 Å². The summed E-state index contributed by atoms with van der Waals surface area (Å²) in [6.45, 7) is 5.06. The first-order valence-electron chi connectivity index (χ1n) is 9.22. The fourth-order valence-corrected chi connectivity index (χ4v) is 3.48. The summed E-state index contributed by atoms with van der Waals surface area (Å²) in [5, 5.41) is 9.25. The number of fused-ring (bicyclic) bond motifs is 1. The first-order valence-corrected chi connectivity index (χ1v) is 9.22. The summed E-state index contributed by atoms with van der Waals surface area (Å²) >= 11 is 0. The summed E-state index contributed by atoms with van der Waals surface area (Å²) in [5.41, 5.74) is 3.60. The number of aliphatic carboxylic acids is 1. The van der Waals surface area contributed by atoms with Crippen molar-refractivity contribution in [3.63, 3.8) is 0 Å². The molecule has 1 N–H and O–H groups in total. The van der Waals surface area contributed by atoms with Crippen molar-refractivity contribution in [2.24, 2.45) is 5.92 Å². The lowest BCUT2D eigenvalue weighted by molar-refractivity contribution is -0.141. The summed E-state index contributed by atoms with van der Waals surface area (Å²) in [7, 11) is 0. The molecule has 26 heavy (non-hydrogen) atoms. The Balaban J connectivity index is 1.46. The van der Waals surface area contributed by atoms with Crippen molar-refractivity contribution in [1.82, 2.24) is 0 Å². The van der Waals surface area contributed by atoms with Crippen molar-refractivity contribution < 1.29 is 19.4 Å². The summed E-state index contributed by atoms with van der Waals surface area (Å²) in [5.74, 6) is 0.771. The maximum atomic E-state index is 11.2. The molecule has 0 amide bonds. The zero-order chi connectivity index (χ0) is 18.5. The molecule has 1 aliphatic carbocycles. The molecule has 138 valence electrons. The van der Waals surface area contributed by atoms with Gasteiger partial charge in [0.1, 0.15) is 11.5 Å². The molecule has 0 fully saturated rings. The lowest BCUT2D eigenvalue weighted by atomic mass is 9.89. The Hall–Kier alpha value is -2.49. The highest BCUT2D eigenvalue weighted by atomic mass is 16.5. The molecule has 0 aliphatic heterocycles. The first kappa shape index (κ1) is 18.3. The molecule has 0 heterocycles. The van der Waals surface area contributed by atoms with E-state index in [9.17, 15) is 9.90 Å². The third-order valence-corrected chi connectivity index (χ3v) is 5.08. The number of aryl methyl sites for hydroxylation is 2. The Kier molecular flexibility index (Phi) is 5.82. The van der Waals surface area contributed by atoms with Crippen molar-refractivity contribution in [2.75, 3.05) is 13.2 Å². The molecule has 2 atom stereocenters. The van der Waals surface area contributed by atoms with Gasteiger partial charge in [-0.1, -0.05) is 30.7 Å². The Labute approximate surface area is 154 Å². The van der Waals surface area contributed by atoms with Crippen LogP contribution in [0.1, 0.15) is 42.4 Å². The molecule has 3 rings (SSSR count). The van der Waals surface area contributed by atoms with Gasteiger partial charge in [-0.25, -0.2) is 0 Å². The molecule has 0 unspecified atom stereocenters. The fourth-order valence-electron chi connectivity index (χ4n) is 3.48. The van der Waals surface area contributed by atoms with Crippen LogP contribution >= 0.6 is 0 Å². The molecule has 0 aromatic heterocycles. The highest BCUT2D eigenvalue weighted by Gasteiger charge is 2.31. The van der Waals surface area contributed by atoms with Gasteiger partial charge < -0.3 is 14.6 Å². The minimum absolute atomic E-state index is 0.111. The quantitative estimate of drug-likeness (QED) is 0.704. The van der Waals surface area contributed by atoms with Crippen molar-refractivity contribution >= 4 is 5.97 Å². The normalized spacial score (nSPS) is 16.8. The number of carboxylic acid groups (broad SMARTS) is 1. The molecule has 1 aliphatic rings. The summed E-state index contributed by atoms with van der Waals surface area (Å²) < 4.78 is 11.5. The molecule has 2 aromatic carbocycles. The van der Waals surface area contributed by atoms with E-state index in [0.29, 0.717) is 13.2 Å². The van der Waals surface area contributed by atoms with Crippen LogP contribution in [-0.4, -0.2) is 24.3 Å². The van der Waals surface area contributed by atoms with Crippen LogP contribution in [0.5, 0.6) is 11.5 Å². The highest BCUT2D eigenvalue weighted by molar-refractivity contribution is 5.71. The van der Waals surface area contributed by atoms with Gasteiger partial charge in [0, 0.05) is 6.42 Å². The van der Waals surface area contributed by atoms with Crippen LogP contribution in [0.2, 0.25) is 0 Å². The number of hydrogen-bond donors (Lipinski definition) is 1. The van der Waals surface area contributed by atoms with Gasteiger partial charge in [0.15, 0.2) is 0 Å². The molecule has 0 saturated carbocycles. The van der Waals surface area contributed by atoms with Crippen LogP contribution in [0.25, 0.3) is 0 Å². The Morgan fingerprint density at radius 2 is 1.77 bits per heavy atom.